The summed E-state index contributed by atoms with van der Waals surface area (Å²) < 4.78 is 27.1. The number of benzene rings is 3. The van der Waals surface area contributed by atoms with Crippen LogP contribution < -0.4 is 5.73 Å². The molecule has 8 nitrogen and oxygen atoms in total. The first-order chi connectivity index (χ1) is 22.1. The van der Waals surface area contributed by atoms with Gasteiger partial charge in [0, 0.05) is 55.8 Å². The maximum absolute atomic E-state index is 15.4. The number of carbonyl (C=O) groups is 2. The van der Waals surface area contributed by atoms with Crippen molar-refractivity contribution >= 4 is 33.6 Å². The molecule has 248 valence electrons. The van der Waals surface area contributed by atoms with Crippen LogP contribution in [0.4, 0.5) is 10.1 Å². The van der Waals surface area contributed by atoms with Crippen molar-refractivity contribution in [1.29, 1.82) is 0 Å². The monoisotopic (exact) mass is 696 g/mol. The Balaban J connectivity index is 1.13. The standard InChI is InChI=1S/C36H46BrFN4O4/c1-4-40(5-2)26-30-24-29(25-32(37)33(30)39)34(43)45-22-9-16-41-17-19-42(20-18-41)21-23-46-35(44)36(3,38)31-14-12-28(13-15-31)27-10-7-6-8-11-27/h6-8,10-15,24-25H,4-5,9,16-23,26,39H2,1-3H3. The van der Waals surface area contributed by atoms with Gasteiger partial charge in [0.15, 0.2) is 0 Å². The van der Waals surface area contributed by atoms with Crippen LogP contribution in [0.3, 0.4) is 0 Å². The van der Waals surface area contributed by atoms with Crippen LogP contribution in [0, 0.1) is 0 Å². The molecule has 1 heterocycles. The summed E-state index contributed by atoms with van der Waals surface area (Å²) in [6.45, 7) is 13.1. The smallest absolute Gasteiger partial charge is 0.348 e. The fraction of sp³-hybridized carbons (Fsp3) is 0.444. The summed E-state index contributed by atoms with van der Waals surface area (Å²) in [5.41, 5.74) is 8.33. The molecule has 0 radical (unpaired) electrons. The molecule has 1 saturated heterocycles. The molecule has 0 saturated carbocycles. The average molecular weight is 698 g/mol. The lowest BCUT2D eigenvalue weighted by atomic mass is 9.95. The van der Waals surface area contributed by atoms with E-state index < -0.39 is 11.6 Å². The molecular weight excluding hydrogens is 651 g/mol. The molecule has 10 heteroatoms. The minimum absolute atomic E-state index is 0.133. The molecule has 1 atom stereocenters. The van der Waals surface area contributed by atoms with Gasteiger partial charge in [0.2, 0.25) is 5.67 Å². The fourth-order valence-electron chi connectivity index (χ4n) is 5.51. The Hall–Kier alpha value is -3.31. The van der Waals surface area contributed by atoms with E-state index >= 15 is 4.39 Å². The first-order valence-electron chi connectivity index (χ1n) is 16.1. The van der Waals surface area contributed by atoms with Crippen molar-refractivity contribution in [3.63, 3.8) is 0 Å². The van der Waals surface area contributed by atoms with Crippen molar-refractivity contribution in [3.8, 4) is 11.1 Å². The molecule has 0 amide bonds. The minimum Gasteiger partial charge on any atom is -0.462 e. The van der Waals surface area contributed by atoms with Crippen LogP contribution in [0.1, 0.15) is 48.7 Å². The number of piperazine rings is 1. The Morgan fingerprint density at radius 1 is 0.891 bits per heavy atom. The third-order valence-electron chi connectivity index (χ3n) is 8.61. The average Bonchev–Trinajstić information content (AvgIpc) is 3.08. The molecule has 3 aromatic rings. The molecule has 3 aromatic carbocycles. The van der Waals surface area contributed by atoms with E-state index in [2.05, 4.69) is 44.5 Å². The van der Waals surface area contributed by atoms with E-state index in [0.717, 1.165) is 68.9 Å². The second-order valence-corrected chi connectivity index (χ2v) is 12.6. The number of ether oxygens (including phenoxy) is 2. The van der Waals surface area contributed by atoms with E-state index in [-0.39, 0.29) is 18.1 Å². The summed E-state index contributed by atoms with van der Waals surface area (Å²) in [6, 6.07) is 20.3. The van der Waals surface area contributed by atoms with Crippen molar-refractivity contribution in [2.45, 2.75) is 39.4 Å². The van der Waals surface area contributed by atoms with E-state index in [4.69, 9.17) is 15.2 Å². The van der Waals surface area contributed by atoms with Crippen LogP contribution in [0.25, 0.3) is 11.1 Å². The summed E-state index contributed by atoms with van der Waals surface area (Å²) >= 11 is 3.48. The molecule has 2 N–H and O–H groups in total. The van der Waals surface area contributed by atoms with Gasteiger partial charge in [-0.2, -0.15) is 0 Å². The Morgan fingerprint density at radius 3 is 2.13 bits per heavy atom. The Kier molecular flexibility index (Phi) is 13.1. The van der Waals surface area contributed by atoms with Gasteiger partial charge in [-0.15, -0.1) is 0 Å². The van der Waals surface area contributed by atoms with Crippen LogP contribution in [0.2, 0.25) is 0 Å². The number of esters is 2. The highest BCUT2D eigenvalue weighted by molar-refractivity contribution is 9.10. The van der Waals surface area contributed by atoms with Gasteiger partial charge in [-0.1, -0.05) is 68.4 Å². The number of nitrogens with zero attached hydrogens (tertiary/aromatic N) is 3. The molecule has 0 spiro atoms. The topological polar surface area (TPSA) is 88.3 Å². The SMILES string of the molecule is CCN(CC)Cc1cc(C(=O)OCCCN2CCN(CCOC(=O)C(C)(F)c3ccc(-c4ccccc4)cc3)CC2)cc(Br)c1N. The molecular formula is C36H46BrFN4O4. The molecule has 0 aliphatic carbocycles. The van der Waals surface area contributed by atoms with Gasteiger partial charge in [-0.05, 0) is 71.2 Å². The van der Waals surface area contributed by atoms with Gasteiger partial charge in [-0.3, -0.25) is 9.80 Å². The Morgan fingerprint density at radius 2 is 1.50 bits per heavy atom. The first kappa shape index (κ1) is 35.5. The summed E-state index contributed by atoms with van der Waals surface area (Å²) in [7, 11) is 0. The number of carbonyl (C=O) groups excluding carboxylic acids is 2. The third-order valence-corrected chi connectivity index (χ3v) is 9.27. The van der Waals surface area contributed by atoms with Gasteiger partial charge in [0.05, 0.1) is 17.9 Å². The zero-order valence-corrected chi connectivity index (χ0v) is 28.7. The molecule has 1 fully saturated rings. The van der Waals surface area contributed by atoms with E-state index in [1.807, 2.05) is 48.5 Å². The lowest BCUT2D eigenvalue weighted by Gasteiger charge is -2.34. The summed E-state index contributed by atoms with van der Waals surface area (Å²) in [6.07, 6.45) is 0.729. The van der Waals surface area contributed by atoms with Crippen LogP contribution in [0.15, 0.2) is 71.2 Å². The number of halogens is 2. The van der Waals surface area contributed by atoms with Crippen molar-refractivity contribution in [2.24, 2.45) is 0 Å². The molecule has 1 aliphatic heterocycles. The zero-order valence-electron chi connectivity index (χ0n) is 27.1. The van der Waals surface area contributed by atoms with Gasteiger partial charge in [0.25, 0.3) is 0 Å². The second kappa shape index (κ2) is 17.0. The number of rotatable bonds is 15. The second-order valence-electron chi connectivity index (χ2n) is 11.7. The highest BCUT2D eigenvalue weighted by atomic mass is 79.9. The number of hydrogen-bond donors (Lipinski definition) is 1. The van der Waals surface area contributed by atoms with Gasteiger partial charge >= 0.3 is 11.9 Å². The van der Waals surface area contributed by atoms with E-state index in [1.54, 1.807) is 18.2 Å². The summed E-state index contributed by atoms with van der Waals surface area (Å²) in [5.74, 6) is -1.23. The summed E-state index contributed by atoms with van der Waals surface area (Å²) in [4.78, 5) is 32.2. The predicted octanol–water partition coefficient (Wildman–Crippen LogP) is 6.13. The molecule has 4 rings (SSSR count). The number of alkyl halides is 1. The lowest BCUT2D eigenvalue weighted by Crippen LogP contribution is -2.47. The Labute approximate surface area is 280 Å². The fourth-order valence-corrected chi connectivity index (χ4v) is 6.01. The highest BCUT2D eigenvalue weighted by Gasteiger charge is 2.37. The highest BCUT2D eigenvalue weighted by Crippen LogP contribution is 2.30. The van der Waals surface area contributed by atoms with Crippen LogP contribution in [-0.2, 0) is 26.5 Å². The number of nitrogen functional groups attached to an aromatic ring is 1. The molecule has 1 aliphatic rings. The van der Waals surface area contributed by atoms with Crippen molar-refractivity contribution < 1.29 is 23.5 Å². The number of hydrogen-bond acceptors (Lipinski definition) is 8. The van der Waals surface area contributed by atoms with E-state index in [1.165, 1.54) is 6.92 Å². The zero-order chi connectivity index (χ0) is 33.1. The molecule has 1 unspecified atom stereocenters. The predicted molar refractivity (Wildman–Crippen MR) is 184 cm³/mol. The maximum atomic E-state index is 15.4. The Bertz CT molecular complexity index is 1430. The van der Waals surface area contributed by atoms with E-state index in [9.17, 15) is 9.59 Å². The minimum atomic E-state index is -2.23. The third kappa shape index (κ3) is 9.61. The maximum Gasteiger partial charge on any atom is 0.348 e. The quantitative estimate of drug-likeness (QED) is 0.115. The van der Waals surface area contributed by atoms with Gasteiger partial charge in [-0.25, -0.2) is 14.0 Å². The van der Waals surface area contributed by atoms with Gasteiger partial charge < -0.3 is 20.1 Å². The molecule has 46 heavy (non-hydrogen) atoms. The number of nitrogens with two attached hydrogens (primary N) is 1. The lowest BCUT2D eigenvalue weighted by molar-refractivity contribution is -0.158. The molecule has 0 aromatic heterocycles. The molecule has 0 bridgehead atoms. The van der Waals surface area contributed by atoms with Crippen LogP contribution in [0.5, 0.6) is 0 Å². The van der Waals surface area contributed by atoms with Crippen LogP contribution in [-0.4, -0.2) is 92.2 Å². The largest absolute Gasteiger partial charge is 0.462 e. The van der Waals surface area contributed by atoms with Crippen molar-refractivity contribution in [3.05, 3.63) is 87.9 Å². The van der Waals surface area contributed by atoms with Crippen molar-refractivity contribution in [2.75, 3.05) is 71.3 Å². The first-order valence-corrected chi connectivity index (χ1v) is 16.9. The van der Waals surface area contributed by atoms with Gasteiger partial charge in [0.1, 0.15) is 6.61 Å². The normalized spacial score (nSPS) is 15.4. The van der Waals surface area contributed by atoms with E-state index in [0.29, 0.717) is 35.4 Å². The summed E-state index contributed by atoms with van der Waals surface area (Å²) in [5, 5.41) is 0. The van der Waals surface area contributed by atoms with Crippen LogP contribution >= 0.6 is 15.9 Å². The van der Waals surface area contributed by atoms with Crippen molar-refractivity contribution in [1.82, 2.24) is 14.7 Å². The number of anilines is 1.